The molecule has 5 nitrogen and oxygen atoms in total. The molecule has 0 spiro atoms. The van der Waals surface area contributed by atoms with Gasteiger partial charge in [-0.3, -0.25) is 9.79 Å². The molecule has 0 bridgehead atoms. The lowest BCUT2D eigenvalue weighted by Gasteiger charge is -2.27. The number of aliphatic imine (C=N–C) groups is 1. The number of guanidine groups is 1. The van der Waals surface area contributed by atoms with Crippen molar-refractivity contribution in [3.8, 4) is 0 Å². The topological polar surface area (TPSA) is 56.7 Å². The fourth-order valence-electron chi connectivity index (χ4n) is 2.75. The van der Waals surface area contributed by atoms with Crippen molar-refractivity contribution in [3.05, 3.63) is 70.2 Å². The molecule has 0 aliphatic carbocycles. The predicted molar refractivity (Wildman–Crippen MR) is 117 cm³/mol. The monoisotopic (exact) mass is 400 g/mol. The average Bonchev–Trinajstić information content (AvgIpc) is 2.68. The number of nitrogens with one attached hydrogen (secondary N) is 2. The van der Waals surface area contributed by atoms with Crippen molar-refractivity contribution in [2.24, 2.45) is 4.99 Å². The summed E-state index contributed by atoms with van der Waals surface area (Å²) in [5.41, 5.74) is 2.83. The first-order valence-electron chi connectivity index (χ1n) is 9.24. The number of amides is 1. The summed E-state index contributed by atoms with van der Waals surface area (Å²) in [5, 5.41) is 7.43. The fourth-order valence-corrected chi connectivity index (χ4v) is 2.94. The van der Waals surface area contributed by atoms with Crippen molar-refractivity contribution in [3.63, 3.8) is 0 Å². The highest BCUT2D eigenvalue weighted by Gasteiger charge is 2.21. The minimum atomic E-state index is -0.100. The van der Waals surface area contributed by atoms with E-state index in [-0.39, 0.29) is 11.3 Å². The van der Waals surface area contributed by atoms with Gasteiger partial charge in [-0.2, -0.15) is 0 Å². The molecule has 0 saturated heterocycles. The van der Waals surface area contributed by atoms with Gasteiger partial charge in [0.05, 0.1) is 0 Å². The molecule has 28 heavy (non-hydrogen) atoms. The van der Waals surface area contributed by atoms with Crippen molar-refractivity contribution in [2.75, 3.05) is 27.7 Å². The van der Waals surface area contributed by atoms with Crippen LogP contribution < -0.4 is 10.6 Å². The Bertz CT molecular complexity index is 829. The molecule has 0 fully saturated rings. The summed E-state index contributed by atoms with van der Waals surface area (Å²) in [6.07, 6.45) is 0. The Labute approximate surface area is 172 Å². The quantitative estimate of drug-likeness (QED) is 0.574. The molecular formula is C22H29ClN4O. The van der Waals surface area contributed by atoms with Gasteiger partial charge in [0.15, 0.2) is 5.96 Å². The molecule has 6 heteroatoms. The minimum Gasteiger partial charge on any atom is -0.356 e. The Morgan fingerprint density at radius 3 is 2.36 bits per heavy atom. The average molecular weight is 401 g/mol. The SMILES string of the molecule is CN=C(NCc1ccc(C(=O)N(C)C)cc1)NCC(C)(C)c1cccc(Cl)c1. The van der Waals surface area contributed by atoms with Gasteiger partial charge in [0.1, 0.15) is 0 Å². The number of halogens is 1. The van der Waals surface area contributed by atoms with Crippen LogP contribution in [0.25, 0.3) is 0 Å². The van der Waals surface area contributed by atoms with Crippen LogP contribution in [0, 0.1) is 0 Å². The fraction of sp³-hybridized carbons (Fsp3) is 0.364. The second-order valence-corrected chi connectivity index (χ2v) is 8.01. The number of hydrogen-bond acceptors (Lipinski definition) is 2. The van der Waals surface area contributed by atoms with Gasteiger partial charge in [-0.15, -0.1) is 0 Å². The third kappa shape index (κ3) is 5.99. The van der Waals surface area contributed by atoms with E-state index in [2.05, 4.69) is 35.5 Å². The number of rotatable bonds is 6. The molecule has 2 rings (SSSR count). The van der Waals surface area contributed by atoms with Crippen molar-refractivity contribution >= 4 is 23.5 Å². The lowest BCUT2D eigenvalue weighted by Crippen LogP contribution is -2.43. The zero-order valence-electron chi connectivity index (χ0n) is 17.2. The normalized spacial score (nSPS) is 11.9. The molecule has 0 aromatic heterocycles. The minimum absolute atomic E-state index is 0.000215. The summed E-state index contributed by atoms with van der Waals surface area (Å²) in [7, 11) is 5.25. The molecule has 2 aromatic carbocycles. The van der Waals surface area contributed by atoms with Crippen LogP contribution in [0.2, 0.25) is 5.02 Å². The van der Waals surface area contributed by atoms with Crippen LogP contribution in [0.5, 0.6) is 0 Å². The van der Waals surface area contributed by atoms with E-state index in [0.29, 0.717) is 18.7 Å². The number of carbonyl (C=O) groups is 1. The largest absolute Gasteiger partial charge is 0.356 e. The zero-order valence-corrected chi connectivity index (χ0v) is 18.0. The Kier molecular flexibility index (Phi) is 7.46. The summed E-state index contributed by atoms with van der Waals surface area (Å²) in [6, 6.07) is 15.5. The molecular weight excluding hydrogens is 372 g/mol. The third-order valence-corrected chi connectivity index (χ3v) is 4.83. The second-order valence-electron chi connectivity index (χ2n) is 7.57. The molecule has 0 heterocycles. The lowest BCUT2D eigenvalue weighted by molar-refractivity contribution is 0.0827. The van der Waals surface area contributed by atoms with E-state index in [0.717, 1.165) is 16.5 Å². The molecule has 0 radical (unpaired) electrons. The van der Waals surface area contributed by atoms with Crippen LogP contribution in [0.3, 0.4) is 0 Å². The van der Waals surface area contributed by atoms with Crippen molar-refractivity contribution < 1.29 is 4.79 Å². The summed E-state index contributed by atoms with van der Waals surface area (Å²) >= 11 is 6.13. The Balaban J connectivity index is 1.92. The van der Waals surface area contributed by atoms with E-state index >= 15 is 0 Å². The van der Waals surface area contributed by atoms with Gasteiger partial charge in [0.25, 0.3) is 5.91 Å². The van der Waals surface area contributed by atoms with Gasteiger partial charge in [0, 0.05) is 50.2 Å². The first-order chi connectivity index (χ1) is 13.2. The van der Waals surface area contributed by atoms with Gasteiger partial charge in [-0.25, -0.2) is 0 Å². The maximum absolute atomic E-state index is 12.0. The smallest absolute Gasteiger partial charge is 0.253 e. The Morgan fingerprint density at radius 1 is 1.11 bits per heavy atom. The maximum Gasteiger partial charge on any atom is 0.253 e. The standard InChI is InChI=1S/C22H29ClN4O/c1-22(2,18-7-6-8-19(23)13-18)15-26-21(24-3)25-14-16-9-11-17(12-10-16)20(28)27(4)5/h6-13H,14-15H2,1-5H3,(H2,24,25,26). The van der Waals surface area contributed by atoms with Crippen molar-refractivity contribution in [2.45, 2.75) is 25.8 Å². The first-order valence-corrected chi connectivity index (χ1v) is 9.62. The van der Waals surface area contributed by atoms with Crippen LogP contribution >= 0.6 is 11.6 Å². The van der Waals surface area contributed by atoms with Crippen molar-refractivity contribution in [1.82, 2.24) is 15.5 Å². The van der Waals surface area contributed by atoms with Crippen LogP contribution in [-0.4, -0.2) is 44.5 Å². The van der Waals surface area contributed by atoms with Gasteiger partial charge in [-0.05, 0) is 35.4 Å². The second kappa shape index (κ2) is 9.60. The highest BCUT2D eigenvalue weighted by molar-refractivity contribution is 6.30. The predicted octanol–water partition coefficient (Wildman–Crippen LogP) is 3.68. The van der Waals surface area contributed by atoms with Gasteiger partial charge < -0.3 is 15.5 Å². The van der Waals surface area contributed by atoms with Crippen molar-refractivity contribution in [1.29, 1.82) is 0 Å². The number of benzene rings is 2. The number of nitrogens with zero attached hydrogens (tertiary/aromatic N) is 2. The van der Waals surface area contributed by atoms with Crippen LogP contribution in [-0.2, 0) is 12.0 Å². The summed E-state index contributed by atoms with van der Waals surface area (Å²) in [5.74, 6) is 0.726. The van der Waals surface area contributed by atoms with Gasteiger partial charge in [-0.1, -0.05) is 49.7 Å². The number of carbonyl (C=O) groups excluding carboxylic acids is 1. The summed E-state index contributed by atoms with van der Waals surface area (Å²) in [6.45, 7) is 5.66. The first kappa shape index (κ1) is 21.8. The highest BCUT2D eigenvalue weighted by Crippen LogP contribution is 2.24. The molecule has 0 aliphatic heterocycles. The maximum atomic E-state index is 12.0. The lowest BCUT2D eigenvalue weighted by atomic mass is 9.84. The van der Waals surface area contributed by atoms with Gasteiger partial charge >= 0.3 is 0 Å². The van der Waals surface area contributed by atoms with Crippen LogP contribution in [0.15, 0.2) is 53.5 Å². The van der Waals surface area contributed by atoms with Crippen LogP contribution in [0.4, 0.5) is 0 Å². The molecule has 0 aliphatic rings. The molecule has 0 atom stereocenters. The van der Waals surface area contributed by atoms with Gasteiger partial charge in [0.2, 0.25) is 0 Å². The molecule has 150 valence electrons. The van der Waals surface area contributed by atoms with E-state index in [1.54, 1.807) is 26.0 Å². The van der Waals surface area contributed by atoms with E-state index in [4.69, 9.17) is 11.6 Å². The highest BCUT2D eigenvalue weighted by atomic mass is 35.5. The Hall–Kier alpha value is -2.53. The molecule has 2 aromatic rings. The summed E-state index contributed by atoms with van der Waals surface area (Å²) in [4.78, 5) is 17.8. The van der Waals surface area contributed by atoms with E-state index in [1.807, 2.05) is 42.5 Å². The van der Waals surface area contributed by atoms with E-state index < -0.39 is 0 Å². The van der Waals surface area contributed by atoms with E-state index in [9.17, 15) is 4.79 Å². The summed E-state index contributed by atoms with van der Waals surface area (Å²) < 4.78 is 0. The molecule has 2 N–H and O–H groups in total. The van der Waals surface area contributed by atoms with E-state index in [1.165, 1.54) is 5.56 Å². The molecule has 1 amide bonds. The number of hydrogen-bond donors (Lipinski definition) is 2. The Morgan fingerprint density at radius 2 is 1.79 bits per heavy atom. The molecule has 0 unspecified atom stereocenters. The zero-order chi connectivity index (χ0) is 20.7. The van der Waals surface area contributed by atoms with Crippen LogP contribution in [0.1, 0.15) is 35.3 Å². The molecule has 0 saturated carbocycles. The third-order valence-electron chi connectivity index (χ3n) is 4.59.